The smallest absolute Gasteiger partial charge is 0.534 e. The minimum absolute atomic E-state index is 0.00939. The minimum Gasteiger partial charge on any atom is -0.534 e. The zero-order valence-corrected chi connectivity index (χ0v) is 16.1. The number of amides is 1. The van der Waals surface area contributed by atoms with E-state index in [1.807, 2.05) is 4.90 Å². The number of carboxylic acids is 1. The molecule has 2 aliphatic rings. The van der Waals surface area contributed by atoms with E-state index >= 15 is 0 Å². The molecule has 0 aliphatic carbocycles. The number of carboxylic acid groups (broad SMARTS) is 1. The van der Waals surface area contributed by atoms with Gasteiger partial charge in [0.15, 0.2) is 5.96 Å². The van der Waals surface area contributed by atoms with Crippen molar-refractivity contribution in [3.05, 3.63) is 29.3 Å². The molecule has 3 rings (SSSR count). The number of rotatable bonds is 6. The highest BCUT2D eigenvalue weighted by Gasteiger charge is 2.38. The van der Waals surface area contributed by atoms with E-state index in [2.05, 4.69) is 10.6 Å². The van der Waals surface area contributed by atoms with Crippen LogP contribution < -0.4 is 21.0 Å². The Hall–Kier alpha value is -2.79. The number of fused-ring (bicyclic) bond motifs is 1. The predicted octanol–water partition coefficient (Wildman–Crippen LogP) is -0.981. The molecule has 2 atom stereocenters. The quantitative estimate of drug-likeness (QED) is 0.201. The van der Waals surface area contributed by atoms with Crippen LogP contribution in [0.25, 0.3) is 0 Å². The van der Waals surface area contributed by atoms with Crippen LogP contribution in [0, 0.1) is 11.3 Å². The Kier molecular flexibility index (Phi) is 6.60. The van der Waals surface area contributed by atoms with Gasteiger partial charge in [0.1, 0.15) is 5.75 Å². The number of hydrogen-bond donors (Lipinski definition) is 6. The van der Waals surface area contributed by atoms with Gasteiger partial charge in [-0.2, -0.15) is 0 Å². The summed E-state index contributed by atoms with van der Waals surface area (Å²) in [5.41, 5.74) is 5.95. The Morgan fingerprint density at radius 3 is 2.93 bits per heavy atom. The van der Waals surface area contributed by atoms with Gasteiger partial charge in [-0.1, -0.05) is 12.1 Å². The van der Waals surface area contributed by atoms with Crippen LogP contribution in [-0.2, 0) is 11.2 Å². The number of hydrogen-bond acceptors (Lipinski definition) is 6. The first kappa shape index (κ1) is 20.9. The summed E-state index contributed by atoms with van der Waals surface area (Å²) >= 11 is 0. The average Bonchev–Trinajstić information content (AvgIpc) is 2.66. The summed E-state index contributed by atoms with van der Waals surface area (Å²) in [6, 6.07) is 4.76. The van der Waals surface area contributed by atoms with Crippen molar-refractivity contribution in [1.29, 1.82) is 5.41 Å². The van der Waals surface area contributed by atoms with Gasteiger partial charge >= 0.3 is 13.1 Å². The molecule has 0 spiro atoms. The van der Waals surface area contributed by atoms with Gasteiger partial charge in [0.05, 0.1) is 18.0 Å². The molecule has 1 amide bonds. The van der Waals surface area contributed by atoms with Crippen molar-refractivity contribution in [2.75, 3.05) is 26.2 Å². The highest BCUT2D eigenvalue weighted by molar-refractivity contribution is 6.47. The normalized spacial score (nSPS) is 21.6. The number of carbonyl (C=O) groups is 2. The zero-order valence-electron chi connectivity index (χ0n) is 16.1. The van der Waals surface area contributed by atoms with Crippen LogP contribution in [0.1, 0.15) is 28.8 Å². The minimum atomic E-state index is -1.32. The number of para-hydroxylation sites is 1. The van der Waals surface area contributed by atoms with Crippen LogP contribution >= 0.6 is 0 Å². The maximum Gasteiger partial charge on any atom is 0.547 e. The number of nitrogens with zero attached hydrogens (tertiary/aromatic N) is 1. The standard InChI is InChI=1S/C18H26BN5O5/c20-18(21)22-8-11-3-2-6-24(9-11)10-15(25)23-14-7-12-4-1-5-13(17(26)27)16(12)29-19(14)28/h1,4-5,11,14,28H,2-3,6-10H2,(H,23,25)(H,26,27)(H4,20,21,22). The Morgan fingerprint density at radius 1 is 1.41 bits per heavy atom. The van der Waals surface area contributed by atoms with E-state index in [-0.39, 0.29) is 36.1 Å². The number of carbonyl (C=O) groups excluding carboxylic acids is 1. The number of aromatic carboxylic acids is 1. The molecule has 156 valence electrons. The third-order valence-corrected chi connectivity index (χ3v) is 5.25. The molecule has 0 radical (unpaired) electrons. The summed E-state index contributed by atoms with van der Waals surface area (Å²) in [6.45, 7) is 2.33. The first-order valence-electron chi connectivity index (χ1n) is 9.63. The van der Waals surface area contributed by atoms with Gasteiger partial charge in [0.25, 0.3) is 0 Å². The maximum absolute atomic E-state index is 12.5. The number of nitrogens with one attached hydrogen (secondary N) is 3. The van der Waals surface area contributed by atoms with E-state index in [9.17, 15) is 19.7 Å². The van der Waals surface area contributed by atoms with Gasteiger partial charge in [-0.05, 0) is 43.4 Å². The molecule has 2 heterocycles. The lowest BCUT2D eigenvalue weighted by Crippen LogP contribution is -2.55. The third kappa shape index (κ3) is 5.39. The topological polar surface area (TPSA) is 161 Å². The molecular formula is C18H26BN5O5. The van der Waals surface area contributed by atoms with Crippen molar-refractivity contribution in [2.24, 2.45) is 11.7 Å². The van der Waals surface area contributed by atoms with Gasteiger partial charge in [0.2, 0.25) is 5.91 Å². The Bertz CT molecular complexity index is 792. The molecular weight excluding hydrogens is 377 g/mol. The second-order valence-electron chi connectivity index (χ2n) is 7.52. The summed E-state index contributed by atoms with van der Waals surface area (Å²) in [5.74, 6) is -1.61. The second-order valence-corrected chi connectivity index (χ2v) is 7.52. The van der Waals surface area contributed by atoms with Gasteiger partial charge in [-0.3, -0.25) is 15.1 Å². The number of benzene rings is 1. The molecule has 11 heteroatoms. The Balaban J connectivity index is 1.55. The predicted molar refractivity (Wildman–Crippen MR) is 107 cm³/mol. The molecule has 29 heavy (non-hydrogen) atoms. The van der Waals surface area contributed by atoms with E-state index in [0.29, 0.717) is 18.0 Å². The number of likely N-dealkylation sites (tertiary alicyclic amines) is 1. The number of guanidine groups is 1. The van der Waals surface area contributed by atoms with Crippen molar-refractivity contribution in [2.45, 2.75) is 25.2 Å². The number of nitrogens with two attached hydrogens (primary N) is 1. The molecule has 1 aromatic carbocycles. The van der Waals surface area contributed by atoms with Crippen LogP contribution in [0.5, 0.6) is 5.75 Å². The van der Waals surface area contributed by atoms with E-state index in [1.54, 1.807) is 12.1 Å². The van der Waals surface area contributed by atoms with E-state index in [1.165, 1.54) is 6.07 Å². The summed E-state index contributed by atoms with van der Waals surface area (Å²) < 4.78 is 5.41. The van der Waals surface area contributed by atoms with Crippen LogP contribution in [0.4, 0.5) is 0 Å². The van der Waals surface area contributed by atoms with Gasteiger partial charge in [-0.15, -0.1) is 0 Å². The molecule has 0 aromatic heterocycles. The molecule has 2 unspecified atom stereocenters. The lowest BCUT2D eigenvalue weighted by atomic mass is 9.72. The van der Waals surface area contributed by atoms with E-state index < -0.39 is 19.0 Å². The summed E-state index contributed by atoms with van der Waals surface area (Å²) in [4.78, 5) is 25.9. The monoisotopic (exact) mass is 403 g/mol. The first-order chi connectivity index (χ1) is 13.8. The van der Waals surface area contributed by atoms with Crippen LogP contribution in [0.3, 0.4) is 0 Å². The molecule has 0 saturated carbocycles. The largest absolute Gasteiger partial charge is 0.547 e. The lowest BCUT2D eigenvalue weighted by molar-refractivity contribution is -0.123. The summed E-state index contributed by atoms with van der Waals surface area (Å²) in [5, 5.41) is 32.4. The van der Waals surface area contributed by atoms with Gasteiger partial charge < -0.3 is 31.2 Å². The highest BCUT2D eigenvalue weighted by atomic mass is 16.5. The molecule has 7 N–H and O–H groups in total. The average molecular weight is 403 g/mol. The summed E-state index contributed by atoms with van der Waals surface area (Å²) in [6.07, 6.45) is 2.25. The van der Waals surface area contributed by atoms with Crippen LogP contribution in [0.15, 0.2) is 18.2 Å². The second kappa shape index (κ2) is 9.14. The van der Waals surface area contributed by atoms with Crippen molar-refractivity contribution in [3.8, 4) is 5.75 Å². The van der Waals surface area contributed by atoms with Crippen molar-refractivity contribution < 1.29 is 24.4 Å². The van der Waals surface area contributed by atoms with Crippen LogP contribution in [-0.4, -0.2) is 72.1 Å². The Morgan fingerprint density at radius 2 is 2.21 bits per heavy atom. The van der Waals surface area contributed by atoms with Crippen molar-refractivity contribution >= 4 is 25.0 Å². The van der Waals surface area contributed by atoms with Gasteiger partial charge in [-0.25, -0.2) is 4.79 Å². The highest BCUT2D eigenvalue weighted by Crippen LogP contribution is 2.30. The SMILES string of the molecule is N=C(N)NCC1CCCN(CC(=O)NC2Cc3cccc(C(=O)O)c3OB2O)C1. The summed E-state index contributed by atoms with van der Waals surface area (Å²) in [7, 11) is -1.32. The van der Waals surface area contributed by atoms with E-state index in [4.69, 9.17) is 15.8 Å². The fourth-order valence-electron chi connectivity index (χ4n) is 3.89. The van der Waals surface area contributed by atoms with Crippen molar-refractivity contribution in [3.63, 3.8) is 0 Å². The van der Waals surface area contributed by atoms with Crippen LogP contribution in [0.2, 0.25) is 0 Å². The molecule has 0 bridgehead atoms. The molecule has 1 aromatic rings. The maximum atomic E-state index is 12.5. The van der Waals surface area contributed by atoms with E-state index in [0.717, 1.165) is 25.9 Å². The fraction of sp³-hybridized carbons (Fsp3) is 0.500. The molecule has 2 aliphatic heterocycles. The number of piperidine rings is 1. The van der Waals surface area contributed by atoms with Crippen molar-refractivity contribution in [1.82, 2.24) is 15.5 Å². The molecule has 1 fully saturated rings. The Labute approximate surface area is 169 Å². The first-order valence-corrected chi connectivity index (χ1v) is 9.63. The zero-order chi connectivity index (χ0) is 21.0. The lowest BCUT2D eigenvalue weighted by Gasteiger charge is -2.33. The fourth-order valence-corrected chi connectivity index (χ4v) is 3.89. The molecule has 10 nitrogen and oxygen atoms in total. The van der Waals surface area contributed by atoms with Gasteiger partial charge in [0, 0.05) is 13.1 Å². The third-order valence-electron chi connectivity index (χ3n) is 5.25. The molecule has 1 saturated heterocycles.